The molecule has 0 spiro atoms. The number of hydrogen-bond donors (Lipinski definition) is 1. The van der Waals surface area contributed by atoms with Crippen molar-refractivity contribution in [2.75, 3.05) is 0 Å². The fraction of sp³-hybridized carbons (Fsp3) is 0.345. The van der Waals surface area contributed by atoms with Crippen molar-refractivity contribution in [3.63, 3.8) is 0 Å². The van der Waals surface area contributed by atoms with Crippen LogP contribution in [0, 0.1) is 18.2 Å². The smallest absolute Gasteiger partial charge is 0.131 e. The van der Waals surface area contributed by atoms with Crippen LogP contribution in [0.1, 0.15) is 69.1 Å². The summed E-state index contributed by atoms with van der Waals surface area (Å²) >= 11 is 5.71. The maximum absolute atomic E-state index is 13.8. The lowest BCUT2D eigenvalue weighted by atomic mass is 9.94. The van der Waals surface area contributed by atoms with Crippen LogP contribution < -0.4 is 0 Å². The first-order valence-corrected chi connectivity index (χ1v) is 11.7. The minimum atomic E-state index is -0.298. The summed E-state index contributed by atoms with van der Waals surface area (Å²) in [5.74, 6) is -0.298. The molecule has 0 unspecified atom stereocenters. The summed E-state index contributed by atoms with van der Waals surface area (Å²) in [4.78, 5) is 0. The van der Waals surface area contributed by atoms with E-state index in [1.54, 1.807) is 6.07 Å². The zero-order chi connectivity index (χ0) is 24.1. The van der Waals surface area contributed by atoms with Crippen LogP contribution in [-0.4, -0.2) is 5.71 Å². The zero-order valence-electron chi connectivity index (χ0n) is 19.9. The van der Waals surface area contributed by atoms with E-state index in [0.717, 1.165) is 35.4 Å². The lowest BCUT2D eigenvalue weighted by molar-refractivity contribution is 0.623. The summed E-state index contributed by atoms with van der Waals surface area (Å²) in [6.45, 7) is 15.8. The summed E-state index contributed by atoms with van der Waals surface area (Å²) in [6, 6.07) is 13.0. The normalized spacial score (nSPS) is 12.6. The number of allylic oxidation sites excluding steroid dienone is 3. The number of hydrogen-bond acceptors (Lipinski definition) is 1. The van der Waals surface area contributed by atoms with E-state index in [2.05, 4.69) is 38.8 Å². The van der Waals surface area contributed by atoms with Gasteiger partial charge in [0.2, 0.25) is 0 Å². The number of nitrogens with one attached hydrogen (secondary N) is 1. The maximum atomic E-state index is 13.8. The molecule has 0 heterocycles. The van der Waals surface area contributed by atoms with E-state index in [-0.39, 0.29) is 5.82 Å². The van der Waals surface area contributed by atoms with E-state index >= 15 is 0 Å². The van der Waals surface area contributed by atoms with Crippen molar-refractivity contribution in [2.45, 2.75) is 65.7 Å². The molecule has 2 aromatic rings. The second kappa shape index (κ2) is 14.6. The Morgan fingerprint density at radius 2 is 1.59 bits per heavy atom. The highest BCUT2D eigenvalue weighted by molar-refractivity contribution is 6.30. The number of benzene rings is 2. The summed E-state index contributed by atoms with van der Waals surface area (Å²) in [7, 11) is 0. The van der Waals surface area contributed by atoms with Gasteiger partial charge in [0, 0.05) is 16.2 Å². The third-order valence-electron chi connectivity index (χ3n) is 5.04. The molecule has 4 rings (SSSR count). The molecule has 0 saturated heterocycles. The van der Waals surface area contributed by atoms with Crippen LogP contribution in [0.5, 0.6) is 0 Å². The Balaban J connectivity index is 0.000000287. The van der Waals surface area contributed by atoms with E-state index in [9.17, 15) is 4.39 Å². The fourth-order valence-corrected chi connectivity index (χ4v) is 3.05. The molecule has 1 N–H and O–H groups in total. The molecule has 2 aliphatic carbocycles. The van der Waals surface area contributed by atoms with Crippen LogP contribution in [0.4, 0.5) is 4.39 Å². The first-order valence-electron chi connectivity index (χ1n) is 11.3. The van der Waals surface area contributed by atoms with Gasteiger partial charge in [-0.1, -0.05) is 80.6 Å². The monoisotopic (exact) mass is 453 g/mol. The van der Waals surface area contributed by atoms with E-state index in [1.807, 2.05) is 32.0 Å². The predicted molar refractivity (Wildman–Crippen MR) is 140 cm³/mol. The maximum Gasteiger partial charge on any atom is 0.131 e. The summed E-state index contributed by atoms with van der Waals surface area (Å²) in [5, 5.41) is 8.90. The Morgan fingerprint density at radius 1 is 1.03 bits per heavy atom. The van der Waals surface area contributed by atoms with Crippen molar-refractivity contribution >= 4 is 22.9 Å². The van der Waals surface area contributed by atoms with E-state index in [0.29, 0.717) is 16.8 Å². The Hall–Kier alpha value is -2.45. The lowest BCUT2D eigenvalue weighted by Gasteiger charge is -2.12. The van der Waals surface area contributed by atoms with Gasteiger partial charge in [0.1, 0.15) is 5.82 Å². The molecule has 1 nitrogen and oxygen atoms in total. The summed E-state index contributed by atoms with van der Waals surface area (Å²) in [6.07, 6.45) is 8.98. The Morgan fingerprint density at radius 3 is 2.03 bits per heavy atom. The van der Waals surface area contributed by atoms with E-state index in [1.165, 1.54) is 42.9 Å². The highest BCUT2D eigenvalue weighted by atomic mass is 35.5. The molecule has 0 amide bonds. The molecule has 2 saturated carbocycles. The third-order valence-corrected chi connectivity index (χ3v) is 5.29. The standard InChI is InChI=1S/C15H16FN.C9H11Cl.C3H6.C2H4/c1-9-5-4-6-13(16)14(9)11(3)15(17)10(2)12-7-8-12;1-2-3-8-4-6-9(10)7-5-8;1-2-3-1;1-2/h4-6,17H,3,7-8H2,1-2H3;4-7H,2-3H2,1H3;1-3H2;1-2H2. The molecule has 2 aromatic carbocycles. The molecule has 0 aromatic heterocycles. The molecular formula is C29H37ClFN. The van der Waals surface area contributed by atoms with Gasteiger partial charge in [0.25, 0.3) is 0 Å². The lowest BCUT2D eigenvalue weighted by Crippen LogP contribution is -2.05. The van der Waals surface area contributed by atoms with Crippen molar-refractivity contribution in [1.82, 2.24) is 0 Å². The van der Waals surface area contributed by atoms with Crippen LogP contribution in [0.15, 0.2) is 73.3 Å². The topological polar surface area (TPSA) is 23.9 Å². The average molecular weight is 454 g/mol. The van der Waals surface area contributed by atoms with Crippen molar-refractivity contribution < 1.29 is 4.39 Å². The van der Waals surface area contributed by atoms with Gasteiger partial charge in [-0.25, -0.2) is 4.39 Å². The van der Waals surface area contributed by atoms with Crippen LogP contribution >= 0.6 is 11.6 Å². The SMILES string of the molecule is C1CC1.C=C.C=C(C(=N)C(C)=C1CC1)c1c(C)cccc1F.CCCc1ccc(Cl)cc1. The molecule has 32 heavy (non-hydrogen) atoms. The van der Waals surface area contributed by atoms with Gasteiger partial charge in [-0.3, -0.25) is 5.41 Å². The van der Waals surface area contributed by atoms with Gasteiger partial charge >= 0.3 is 0 Å². The number of halogens is 2. The largest absolute Gasteiger partial charge is 0.300 e. The molecule has 0 radical (unpaired) electrons. The third kappa shape index (κ3) is 9.78. The Labute approximate surface area is 199 Å². The summed E-state index contributed by atoms with van der Waals surface area (Å²) < 4.78 is 13.8. The van der Waals surface area contributed by atoms with Gasteiger partial charge in [-0.05, 0) is 68.0 Å². The van der Waals surface area contributed by atoms with Crippen LogP contribution in [0.3, 0.4) is 0 Å². The highest BCUT2D eigenvalue weighted by Gasteiger charge is 2.21. The molecule has 172 valence electrons. The van der Waals surface area contributed by atoms with Crippen LogP contribution in [0.2, 0.25) is 5.02 Å². The Bertz CT molecular complexity index is 894. The van der Waals surface area contributed by atoms with E-state index < -0.39 is 0 Å². The summed E-state index contributed by atoms with van der Waals surface area (Å²) in [5.41, 5.74) is 5.77. The molecule has 0 aliphatic heterocycles. The zero-order valence-corrected chi connectivity index (χ0v) is 20.6. The molecule has 3 heteroatoms. The number of aryl methyl sites for hydroxylation is 2. The Kier molecular flexibility index (Phi) is 12.6. The second-order valence-corrected chi connectivity index (χ2v) is 8.39. The molecular weight excluding hydrogens is 417 g/mol. The van der Waals surface area contributed by atoms with Gasteiger partial charge in [0.15, 0.2) is 0 Å². The molecule has 0 atom stereocenters. The van der Waals surface area contributed by atoms with Crippen molar-refractivity contribution in [2.24, 2.45) is 0 Å². The molecule has 2 fully saturated rings. The number of rotatable bonds is 5. The molecule has 0 bridgehead atoms. The molecule has 2 aliphatic rings. The predicted octanol–water partition coefficient (Wildman–Crippen LogP) is 9.54. The van der Waals surface area contributed by atoms with E-state index in [4.69, 9.17) is 17.0 Å². The highest BCUT2D eigenvalue weighted by Crippen LogP contribution is 2.34. The fourth-order valence-electron chi connectivity index (χ4n) is 2.92. The van der Waals surface area contributed by atoms with Crippen LogP contribution in [0.25, 0.3) is 5.57 Å². The van der Waals surface area contributed by atoms with Crippen molar-refractivity contribution in [3.8, 4) is 0 Å². The first kappa shape index (κ1) is 27.6. The average Bonchev–Trinajstić information content (AvgIpc) is 3.68. The van der Waals surface area contributed by atoms with Gasteiger partial charge in [-0.15, -0.1) is 13.2 Å². The second-order valence-electron chi connectivity index (χ2n) is 7.95. The quantitative estimate of drug-likeness (QED) is 0.344. The van der Waals surface area contributed by atoms with Gasteiger partial charge in [-0.2, -0.15) is 0 Å². The van der Waals surface area contributed by atoms with Crippen molar-refractivity contribution in [3.05, 3.63) is 101 Å². The first-order chi connectivity index (χ1) is 15.3. The van der Waals surface area contributed by atoms with Crippen LogP contribution in [-0.2, 0) is 6.42 Å². The van der Waals surface area contributed by atoms with Gasteiger partial charge in [0.05, 0.1) is 5.71 Å². The minimum absolute atomic E-state index is 0.298. The van der Waals surface area contributed by atoms with Gasteiger partial charge < -0.3 is 0 Å². The minimum Gasteiger partial charge on any atom is -0.300 e. The van der Waals surface area contributed by atoms with Crippen molar-refractivity contribution in [1.29, 1.82) is 5.41 Å².